The van der Waals surface area contributed by atoms with E-state index in [0.29, 0.717) is 12.8 Å². The van der Waals surface area contributed by atoms with E-state index < -0.39 is 27.0 Å². The monoisotopic (exact) mass is 672 g/mol. The Labute approximate surface area is 316 Å². The SMILES string of the molecule is CCCCCCCCC/C=C/CCCOC(=O)c1ccc(S(=O)(=O)[O-])cc1C(=O)OCCC/C=C/CCCCCCCCC.[K+]. The maximum atomic E-state index is 12.8. The van der Waals surface area contributed by atoms with E-state index in [0.717, 1.165) is 43.9 Å². The normalized spacial score (nSPS) is 11.6. The summed E-state index contributed by atoms with van der Waals surface area (Å²) >= 11 is 0. The van der Waals surface area contributed by atoms with Crippen LogP contribution in [0.4, 0.5) is 0 Å². The quantitative estimate of drug-likeness (QED) is 0.0330. The van der Waals surface area contributed by atoms with Crippen LogP contribution in [0.15, 0.2) is 47.4 Å². The Morgan fingerprint density at radius 1 is 0.600 bits per heavy atom. The first kappa shape index (κ1) is 44.2. The zero-order chi connectivity index (χ0) is 32.3. The van der Waals surface area contributed by atoms with E-state index in [4.69, 9.17) is 9.47 Å². The molecule has 0 aliphatic heterocycles. The van der Waals surface area contributed by atoms with E-state index in [-0.39, 0.29) is 75.7 Å². The maximum absolute atomic E-state index is 12.8. The van der Waals surface area contributed by atoms with Gasteiger partial charge in [-0.15, -0.1) is 0 Å². The molecule has 0 aliphatic rings. The molecule has 0 radical (unpaired) electrons. The molecule has 1 aromatic rings. The summed E-state index contributed by atoms with van der Waals surface area (Å²) < 4.78 is 45.3. The molecule has 0 N–H and O–H groups in total. The van der Waals surface area contributed by atoms with Gasteiger partial charge in [-0.05, 0) is 69.6 Å². The molecule has 9 heteroatoms. The zero-order valence-corrected chi connectivity index (χ0v) is 32.3. The number of allylic oxidation sites excluding steroid dienone is 4. The minimum atomic E-state index is -4.82. The number of rotatable bonds is 27. The summed E-state index contributed by atoms with van der Waals surface area (Å²) in [7, 11) is -4.82. The van der Waals surface area contributed by atoms with Crippen LogP contribution in [0.2, 0.25) is 0 Å². The number of ether oxygens (including phenoxy) is 2. The van der Waals surface area contributed by atoms with Crippen molar-refractivity contribution in [3.8, 4) is 0 Å². The average molecular weight is 673 g/mol. The van der Waals surface area contributed by atoms with E-state index in [9.17, 15) is 22.6 Å². The summed E-state index contributed by atoms with van der Waals surface area (Å²) in [5.41, 5.74) is -0.400. The van der Waals surface area contributed by atoms with E-state index in [1.165, 1.54) is 89.9 Å². The second-order valence-corrected chi connectivity index (χ2v) is 12.9. The summed E-state index contributed by atoms with van der Waals surface area (Å²) in [6, 6.07) is 3.05. The fraction of sp³-hybridized carbons (Fsp3) is 0.667. The van der Waals surface area contributed by atoms with Gasteiger partial charge in [0.1, 0.15) is 10.1 Å². The van der Waals surface area contributed by atoms with Gasteiger partial charge in [0.2, 0.25) is 0 Å². The molecule has 0 saturated carbocycles. The van der Waals surface area contributed by atoms with Crippen molar-refractivity contribution >= 4 is 22.1 Å². The van der Waals surface area contributed by atoms with Crippen molar-refractivity contribution in [3.63, 3.8) is 0 Å². The first-order valence-electron chi connectivity index (χ1n) is 17.0. The third kappa shape index (κ3) is 23.2. The molecule has 0 saturated heterocycles. The van der Waals surface area contributed by atoms with E-state index >= 15 is 0 Å². The Hall–Kier alpha value is -0.814. The first-order chi connectivity index (χ1) is 21.3. The fourth-order valence-corrected chi connectivity index (χ4v) is 5.32. The first-order valence-corrected chi connectivity index (χ1v) is 18.5. The largest absolute Gasteiger partial charge is 1.00 e. The van der Waals surface area contributed by atoms with Crippen molar-refractivity contribution in [2.45, 2.75) is 147 Å². The molecule has 0 atom stereocenters. The van der Waals surface area contributed by atoms with Gasteiger partial charge in [0.05, 0.1) is 29.2 Å². The summed E-state index contributed by atoms with van der Waals surface area (Å²) in [5.74, 6) is -1.62. The Kier molecular flexibility index (Phi) is 28.8. The fourth-order valence-electron chi connectivity index (χ4n) is 4.82. The number of esters is 2. The van der Waals surface area contributed by atoms with Gasteiger partial charge in [-0.3, -0.25) is 0 Å². The number of hydrogen-bond donors (Lipinski definition) is 0. The van der Waals surface area contributed by atoms with E-state index in [2.05, 4.69) is 38.2 Å². The van der Waals surface area contributed by atoms with Crippen LogP contribution in [0.3, 0.4) is 0 Å². The van der Waals surface area contributed by atoms with Gasteiger partial charge in [0, 0.05) is 0 Å². The van der Waals surface area contributed by atoms with Crippen molar-refractivity contribution in [2.75, 3.05) is 13.2 Å². The molecule has 0 bridgehead atoms. The summed E-state index contributed by atoms with van der Waals surface area (Å²) in [6.45, 7) is 4.70. The van der Waals surface area contributed by atoms with E-state index in [1.807, 2.05) is 0 Å². The average Bonchev–Trinajstić information content (AvgIpc) is 3.00. The molecule has 0 aromatic heterocycles. The van der Waals surface area contributed by atoms with Gasteiger partial charge in [0.25, 0.3) is 0 Å². The number of benzene rings is 1. The Bertz CT molecular complexity index is 1080. The second kappa shape index (κ2) is 29.3. The van der Waals surface area contributed by atoms with Crippen molar-refractivity contribution in [1.29, 1.82) is 0 Å². The number of hydrogen-bond acceptors (Lipinski definition) is 7. The summed E-state index contributed by atoms with van der Waals surface area (Å²) in [6.07, 6.45) is 31.1. The molecule has 0 aliphatic carbocycles. The molecular weight excluding hydrogens is 616 g/mol. The summed E-state index contributed by atoms with van der Waals surface area (Å²) in [4.78, 5) is 24.9. The Morgan fingerprint density at radius 3 is 1.40 bits per heavy atom. The molecule has 0 unspecified atom stereocenters. The molecule has 1 rings (SSSR count). The predicted molar refractivity (Wildman–Crippen MR) is 177 cm³/mol. The number of carbonyl (C=O) groups excluding carboxylic acids is 2. The molecule has 0 fully saturated rings. The van der Waals surface area contributed by atoms with Gasteiger partial charge in [-0.2, -0.15) is 0 Å². The molecule has 45 heavy (non-hydrogen) atoms. The Morgan fingerprint density at radius 2 is 0.978 bits per heavy atom. The van der Waals surface area contributed by atoms with Crippen LogP contribution < -0.4 is 51.4 Å². The third-order valence-electron chi connectivity index (χ3n) is 7.50. The van der Waals surface area contributed by atoms with Crippen LogP contribution in [0, 0.1) is 0 Å². The zero-order valence-electron chi connectivity index (χ0n) is 28.4. The van der Waals surface area contributed by atoms with Crippen molar-refractivity contribution < 1.29 is 83.4 Å². The van der Waals surface area contributed by atoms with Crippen LogP contribution >= 0.6 is 0 Å². The maximum Gasteiger partial charge on any atom is 1.00 e. The molecular formula is C36H57KO7S. The van der Waals surface area contributed by atoms with Gasteiger partial charge >= 0.3 is 63.3 Å². The molecule has 250 valence electrons. The van der Waals surface area contributed by atoms with Gasteiger partial charge in [-0.1, -0.05) is 115 Å². The van der Waals surface area contributed by atoms with Crippen LogP contribution in [-0.2, 0) is 19.6 Å². The van der Waals surface area contributed by atoms with Gasteiger partial charge in [0.15, 0.2) is 0 Å². The van der Waals surface area contributed by atoms with Crippen LogP contribution in [0.1, 0.15) is 163 Å². The summed E-state index contributed by atoms with van der Waals surface area (Å²) in [5, 5.41) is 0. The number of unbranched alkanes of at least 4 members (excludes halogenated alkanes) is 16. The van der Waals surface area contributed by atoms with Gasteiger partial charge in [-0.25, -0.2) is 18.0 Å². The Balaban J connectivity index is 0.0000194. The van der Waals surface area contributed by atoms with Crippen LogP contribution in [0.5, 0.6) is 0 Å². The minimum Gasteiger partial charge on any atom is -0.744 e. The molecule has 7 nitrogen and oxygen atoms in total. The number of carbonyl (C=O) groups is 2. The smallest absolute Gasteiger partial charge is 0.744 e. The third-order valence-corrected chi connectivity index (χ3v) is 8.33. The van der Waals surface area contributed by atoms with Crippen LogP contribution in [0.25, 0.3) is 0 Å². The van der Waals surface area contributed by atoms with Crippen molar-refractivity contribution in [1.82, 2.24) is 0 Å². The second-order valence-electron chi connectivity index (χ2n) is 11.5. The van der Waals surface area contributed by atoms with Crippen molar-refractivity contribution in [2.24, 2.45) is 0 Å². The standard InChI is InChI=1S/C36H58O7S.K/c1-3-5-7-9-11-13-15-17-19-21-23-25-29-42-35(37)33-28-27-32(44(39,40)41)31-34(33)36(38)43-30-26-24-22-20-18-16-14-12-10-8-6-4-2;/h19-22,27-28,31H,3-18,23-26,29-30H2,1-2H3,(H,39,40,41);/q;+1/p-1/b21-19+,22-20+;. The molecule has 0 spiro atoms. The predicted octanol–water partition coefficient (Wildman–Crippen LogP) is 6.86. The molecule has 1 aromatic carbocycles. The molecule has 0 heterocycles. The topological polar surface area (TPSA) is 110 Å². The minimum absolute atomic E-state index is 0. The van der Waals surface area contributed by atoms with Crippen molar-refractivity contribution in [3.05, 3.63) is 53.6 Å². The molecule has 0 amide bonds. The van der Waals surface area contributed by atoms with E-state index in [1.54, 1.807) is 0 Å². The van der Waals surface area contributed by atoms with Crippen LogP contribution in [-0.4, -0.2) is 38.1 Å². The van der Waals surface area contributed by atoms with Gasteiger partial charge < -0.3 is 14.0 Å².